The van der Waals surface area contributed by atoms with Crippen LogP contribution in [0.15, 0.2) is 72.0 Å². The Hall–Kier alpha value is -3.61. The first kappa shape index (κ1) is 21.6. The summed E-state index contributed by atoms with van der Waals surface area (Å²) in [5, 5.41) is 13.3. The van der Waals surface area contributed by atoms with E-state index in [9.17, 15) is 19.5 Å². The highest BCUT2D eigenvalue weighted by Gasteiger charge is 2.41. The van der Waals surface area contributed by atoms with Crippen molar-refractivity contribution in [1.82, 2.24) is 10.2 Å². The van der Waals surface area contributed by atoms with Crippen molar-refractivity contribution in [3.63, 3.8) is 0 Å². The lowest BCUT2D eigenvalue weighted by Crippen LogP contribution is -2.41. The Labute approximate surface area is 186 Å². The highest BCUT2D eigenvalue weighted by atomic mass is 16.3. The van der Waals surface area contributed by atoms with Gasteiger partial charge < -0.3 is 21.1 Å². The second kappa shape index (κ2) is 9.26. The van der Waals surface area contributed by atoms with E-state index in [4.69, 9.17) is 5.73 Å². The molecule has 7 nitrogen and oxygen atoms in total. The van der Waals surface area contributed by atoms with Crippen LogP contribution in [0.3, 0.4) is 0 Å². The third-order valence-electron chi connectivity index (χ3n) is 6.38. The maximum absolute atomic E-state index is 12.9. The van der Waals surface area contributed by atoms with Gasteiger partial charge in [-0.3, -0.25) is 14.4 Å². The van der Waals surface area contributed by atoms with Crippen LogP contribution in [-0.2, 0) is 14.4 Å². The summed E-state index contributed by atoms with van der Waals surface area (Å²) in [6.07, 6.45) is 3.57. The lowest BCUT2D eigenvalue weighted by Gasteiger charge is -2.29. The number of benzene rings is 2. The molecule has 0 spiro atoms. The van der Waals surface area contributed by atoms with Gasteiger partial charge in [0, 0.05) is 6.04 Å². The van der Waals surface area contributed by atoms with Gasteiger partial charge in [0.25, 0.3) is 11.8 Å². The molecule has 7 heteroatoms. The van der Waals surface area contributed by atoms with Crippen molar-refractivity contribution in [1.29, 1.82) is 0 Å². The molecule has 2 aromatic rings. The topological polar surface area (TPSA) is 113 Å². The van der Waals surface area contributed by atoms with E-state index in [1.165, 1.54) is 5.56 Å². The van der Waals surface area contributed by atoms with Gasteiger partial charge in [-0.15, -0.1) is 0 Å². The van der Waals surface area contributed by atoms with Crippen LogP contribution in [0.4, 0.5) is 0 Å². The summed E-state index contributed by atoms with van der Waals surface area (Å²) in [5.41, 5.74) is 7.37. The molecule has 1 aliphatic heterocycles. The molecule has 2 aromatic carbocycles. The molecule has 1 atom stereocenters. The van der Waals surface area contributed by atoms with Gasteiger partial charge in [0.1, 0.15) is 6.04 Å². The minimum Gasteiger partial charge on any atom is -0.503 e. The molecule has 1 saturated carbocycles. The van der Waals surface area contributed by atoms with E-state index in [-0.39, 0.29) is 18.2 Å². The summed E-state index contributed by atoms with van der Waals surface area (Å²) in [6.45, 7) is -0.168. The average Bonchev–Trinajstić information content (AvgIpc) is 3.10. The molecule has 0 radical (unpaired) electrons. The van der Waals surface area contributed by atoms with E-state index in [0.717, 1.165) is 30.6 Å². The molecule has 2 aliphatic rings. The number of hydrogen-bond acceptors (Lipinski definition) is 4. The number of aliphatic hydroxyl groups excluding tert-OH is 1. The van der Waals surface area contributed by atoms with Gasteiger partial charge in [-0.2, -0.15) is 0 Å². The summed E-state index contributed by atoms with van der Waals surface area (Å²) < 4.78 is 0. The van der Waals surface area contributed by atoms with Crippen LogP contribution in [-0.4, -0.2) is 40.3 Å². The normalized spacial score (nSPS) is 22.0. The van der Waals surface area contributed by atoms with Crippen LogP contribution in [0, 0.1) is 0 Å². The van der Waals surface area contributed by atoms with Crippen LogP contribution in [0.1, 0.15) is 48.8 Å². The number of nitrogens with two attached hydrogens (primary N) is 1. The van der Waals surface area contributed by atoms with Crippen LogP contribution < -0.4 is 11.1 Å². The zero-order chi connectivity index (χ0) is 22.7. The summed E-state index contributed by atoms with van der Waals surface area (Å²) in [5.74, 6) is -2.11. The largest absolute Gasteiger partial charge is 0.503 e. The maximum Gasteiger partial charge on any atom is 0.290 e. The zero-order valence-electron chi connectivity index (χ0n) is 17.7. The van der Waals surface area contributed by atoms with Gasteiger partial charge in [-0.25, -0.2) is 0 Å². The first-order chi connectivity index (χ1) is 15.5. The van der Waals surface area contributed by atoms with Crippen molar-refractivity contribution in [2.24, 2.45) is 5.73 Å². The Morgan fingerprint density at radius 2 is 1.56 bits per heavy atom. The van der Waals surface area contributed by atoms with Crippen molar-refractivity contribution < 1.29 is 19.5 Å². The van der Waals surface area contributed by atoms with E-state index >= 15 is 0 Å². The molecule has 4 N–H and O–H groups in total. The van der Waals surface area contributed by atoms with Crippen LogP contribution in [0.2, 0.25) is 0 Å². The van der Waals surface area contributed by atoms with Gasteiger partial charge in [-0.1, -0.05) is 60.7 Å². The smallest absolute Gasteiger partial charge is 0.290 e. The number of primary amides is 1. The molecule has 3 amide bonds. The SMILES string of the molecule is NC(=O)C(c1ccccc1)N1CC(C(=O)NC2CCC(c3ccccc3)CC2)=C(O)C1=O. The average molecular weight is 434 g/mol. The number of nitrogens with zero attached hydrogens (tertiary/aromatic N) is 1. The van der Waals surface area contributed by atoms with Crippen LogP contribution in [0.25, 0.3) is 0 Å². The van der Waals surface area contributed by atoms with Gasteiger partial charge in [0.15, 0.2) is 5.76 Å². The minimum absolute atomic E-state index is 0.0204. The fourth-order valence-electron chi connectivity index (χ4n) is 4.67. The van der Waals surface area contributed by atoms with Gasteiger partial charge in [0.05, 0.1) is 12.1 Å². The fourth-order valence-corrected chi connectivity index (χ4v) is 4.67. The number of carbonyl (C=O) groups excluding carboxylic acids is 3. The monoisotopic (exact) mass is 433 g/mol. The number of rotatable bonds is 6. The third kappa shape index (κ3) is 4.37. The summed E-state index contributed by atoms with van der Waals surface area (Å²) >= 11 is 0. The van der Waals surface area contributed by atoms with E-state index in [2.05, 4.69) is 17.4 Å². The Morgan fingerprint density at radius 1 is 0.969 bits per heavy atom. The molecule has 0 saturated heterocycles. The molecule has 1 unspecified atom stereocenters. The first-order valence-electron chi connectivity index (χ1n) is 10.9. The lowest BCUT2D eigenvalue weighted by molar-refractivity contribution is -0.136. The molecule has 1 heterocycles. The third-order valence-corrected chi connectivity index (χ3v) is 6.38. The number of amides is 3. The summed E-state index contributed by atoms with van der Waals surface area (Å²) in [4.78, 5) is 38.8. The quantitative estimate of drug-likeness (QED) is 0.650. The van der Waals surface area contributed by atoms with Crippen LogP contribution in [0.5, 0.6) is 0 Å². The molecule has 0 bridgehead atoms. The second-order valence-corrected chi connectivity index (χ2v) is 8.41. The number of aliphatic hydroxyl groups is 1. The highest BCUT2D eigenvalue weighted by molar-refractivity contribution is 6.08. The van der Waals surface area contributed by atoms with E-state index in [0.29, 0.717) is 11.5 Å². The summed E-state index contributed by atoms with van der Waals surface area (Å²) in [6, 6.07) is 17.9. The van der Waals surface area contributed by atoms with Gasteiger partial charge >= 0.3 is 0 Å². The predicted molar refractivity (Wildman–Crippen MR) is 119 cm³/mol. The Bertz CT molecular complexity index is 1030. The number of nitrogens with one attached hydrogen (secondary N) is 1. The second-order valence-electron chi connectivity index (χ2n) is 8.41. The molecule has 0 aromatic heterocycles. The van der Waals surface area contributed by atoms with Crippen molar-refractivity contribution in [3.8, 4) is 0 Å². The predicted octanol–water partition coefficient (Wildman–Crippen LogP) is 2.71. The lowest BCUT2D eigenvalue weighted by atomic mass is 9.82. The Morgan fingerprint density at radius 3 is 2.16 bits per heavy atom. The molecule has 32 heavy (non-hydrogen) atoms. The number of carbonyl (C=O) groups is 3. The molecule has 1 fully saturated rings. The van der Waals surface area contributed by atoms with Gasteiger partial charge in [-0.05, 0) is 42.7 Å². The van der Waals surface area contributed by atoms with Crippen molar-refractivity contribution >= 4 is 17.7 Å². The van der Waals surface area contributed by atoms with Crippen molar-refractivity contribution in [2.45, 2.75) is 43.7 Å². The van der Waals surface area contributed by atoms with Gasteiger partial charge in [0.2, 0.25) is 5.91 Å². The Balaban J connectivity index is 1.40. The molecular formula is C25H27N3O4. The standard InChI is InChI=1S/C25H27N3O4/c26-23(30)21(18-9-5-2-6-10-18)28-15-20(22(29)25(28)32)24(31)27-19-13-11-17(12-14-19)16-7-3-1-4-8-16/h1-10,17,19,21,29H,11-15H2,(H2,26,30)(H,27,31). The molecule has 1 aliphatic carbocycles. The van der Waals surface area contributed by atoms with E-state index in [1.54, 1.807) is 30.3 Å². The highest BCUT2D eigenvalue weighted by Crippen LogP contribution is 2.33. The maximum atomic E-state index is 12.9. The number of hydrogen-bond donors (Lipinski definition) is 3. The van der Waals surface area contributed by atoms with E-state index < -0.39 is 29.5 Å². The van der Waals surface area contributed by atoms with Crippen molar-refractivity contribution in [2.75, 3.05) is 6.54 Å². The Kier molecular flexibility index (Phi) is 6.25. The molecule has 166 valence electrons. The van der Waals surface area contributed by atoms with E-state index in [1.807, 2.05) is 18.2 Å². The zero-order valence-corrected chi connectivity index (χ0v) is 17.7. The minimum atomic E-state index is -1.06. The van der Waals surface area contributed by atoms with Crippen molar-refractivity contribution in [3.05, 3.63) is 83.1 Å². The summed E-state index contributed by atoms with van der Waals surface area (Å²) in [7, 11) is 0. The fraction of sp³-hybridized carbons (Fsp3) is 0.320. The first-order valence-corrected chi connectivity index (χ1v) is 10.9. The molecular weight excluding hydrogens is 406 g/mol. The van der Waals surface area contributed by atoms with Crippen LogP contribution >= 0.6 is 0 Å². The molecule has 4 rings (SSSR count).